The molecule has 0 aliphatic rings. The maximum Gasteiger partial charge on any atom is 0.390 e. The van der Waals surface area contributed by atoms with Crippen LogP contribution in [0.25, 0.3) is 0 Å². The van der Waals surface area contributed by atoms with Gasteiger partial charge in [-0.05, 0) is 0 Å². The van der Waals surface area contributed by atoms with Crippen LogP contribution in [0.1, 0.15) is 12.3 Å². The Kier molecular flexibility index (Phi) is 5.86. The van der Waals surface area contributed by atoms with E-state index < -0.39 is 12.6 Å². The van der Waals surface area contributed by atoms with Crippen LogP contribution >= 0.6 is 0 Å². The van der Waals surface area contributed by atoms with Crippen LogP contribution in [0, 0.1) is 0 Å². The number of methoxy groups -OCH3 is 1. The van der Waals surface area contributed by atoms with Gasteiger partial charge in [0, 0.05) is 20.2 Å². The lowest BCUT2D eigenvalue weighted by molar-refractivity contribution is -0.131. The Morgan fingerprint density at radius 2 is 2.06 bits per heavy atom. The van der Waals surface area contributed by atoms with Crippen molar-refractivity contribution in [2.45, 2.75) is 19.1 Å². The van der Waals surface area contributed by atoms with Crippen LogP contribution in [0.4, 0.5) is 19.2 Å². The Bertz CT molecular complexity index is 343. The summed E-state index contributed by atoms with van der Waals surface area (Å²) in [5.41, 5.74) is 0. The van der Waals surface area contributed by atoms with Crippen LogP contribution in [0.3, 0.4) is 0 Å². The molecular formula is C9H15F3N4O2. The zero-order chi connectivity index (χ0) is 13.4. The fourth-order valence-electron chi connectivity index (χ4n) is 1.08. The van der Waals surface area contributed by atoms with Gasteiger partial charge in [0.1, 0.15) is 0 Å². The van der Waals surface area contributed by atoms with E-state index in [0.29, 0.717) is 25.6 Å². The number of aromatic nitrogens is 2. The summed E-state index contributed by atoms with van der Waals surface area (Å²) in [7, 11) is 1.58. The third-order valence-corrected chi connectivity index (χ3v) is 1.91. The first-order chi connectivity index (χ1) is 8.51. The Morgan fingerprint density at radius 1 is 1.28 bits per heavy atom. The molecule has 1 heterocycles. The fourth-order valence-corrected chi connectivity index (χ4v) is 1.08. The summed E-state index contributed by atoms with van der Waals surface area (Å²) in [5, 5.41) is 12.6. The second-order valence-electron chi connectivity index (χ2n) is 3.46. The average Bonchev–Trinajstić information content (AvgIpc) is 2.71. The summed E-state index contributed by atoms with van der Waals surface area (Å²) >= 11 is 0. The number of halogens is 3. The number of nitrogens with one attached hydrogen (secondary N) is 2. The van der Waals surface area contributed by atoms with Crippen molar-refractivity contribution in [2.75, 3.05) is 32.1 Å². The van der Waals surface area contributed by atoms with Crippen molar-refractivity contribution in [3.05, 3.63) is 5.89 Å². The van der Waals surface area contributed by atoms with Crippen LogP contribution in [0.2, 0.25) is 0 Å². The van der Waals surface area contributed by atoms with Gasteiger partial charge in [-0.2, -0.15) is 13.2 Å². The quantitative estimate of drug-likeness (QED) is 0.690. The molecule has 0 unspecified atom stereocenters. The number of alkyl halides is 3. The Hall–Kier alpha value is -1.35. The van der Waals surface area contributed by atoms with Gasteiger partial charge in [0.25, 0.3) is 0 Å². The van der Waals surface area contributed by atoms with Gasteiger partial charge < -0.3 is 19.8 Å². The van der Waals surface area contributed by atoms with Gasteiger partial charge in [-0.15, -0.1) is 5.10 Å². The molecule has 0 atom stereocenters. The predicted molar refractivity (Wildman–Crippen MR) is 57.0 cm³/mol. The Labute approximate surface area is 102 Å². The molecule has 0 aliphatic heterocycles. The smallest absolute Gasteiger partial charge is 0.390 e. The topological polar surface area (TPSA) is 72.2 Å². The van der Waals surface area contributed by atoms with Gasteiger partial charge in [0.05, 0.1) is 19.6 Å². The van der Waals surface area contributed by atoms with E-state index in [1.165, 1.54) is 0 Å². The summed E-state index contributed by atoms with van der Waals surface area (Å²) in [6.45, 7) is 1.22. The molecule has 0 saturated heterocycles. The van der Waals surface area contributed by atoms with Gasteiger partial charge in [-0.25, -0.2) is 0 Å². The first kappa shape index (κ1) is 14.7. The van der Waals surface area contributed by atoms with Gasteiger partial charge in [0.2, 0.25) is 5.89 Å². The number of rotatable bonds is 8. The Morgan fingerprint density at radius 3 is 2.72 bits per heavy atom. The molecule has 0 aliphatic carbocycles. The van der Waals surface area contributed by atoms with Gasteiger partial charge in [-0.3, -0.25) is 0 Å². The second kappa shape index (κ2) is 7.17. The van der Waals surface area contributed by atoms with Crippen molar-refractivity contribution >= 4 is 6.01 Å². The molecule has 0 spiro atoms. The lowest BCUT2D eigenvalue weighted by Crippen LogP contribution is -2.18. The molecule has 104 valence electrons. The number of ether oxygens (including phenoxy) is 1. The van der Waals surface area contributed by atoms with E-state index in [1.807, 2.05) is 0 Å². The third-order valence-electron chi connectivity index (χ3n) is 1.91. The zero-order valence-corrected chi connectivity index (χ0v) is 9.88. The Balaban J connectivity index is 2.21. The molecule has 0 radical (unpaired) electrons. The van der Waals surface area contributed by atoms with E-state index in [1.54, 1.807) is 7.11 Å². The maximum atomic E-state index is 11.9. The minimum absolute atomic E-state index is 0.0113. The molecule has 2 N–H and O–H groups in total. The van der Waals surface area contributed by atoms with Crippen LogP contribution in [-0.2, 0) is 11.3 Å². The van der Waals surface area contributed by atoms with Gasteiger partial charge in [0.15, 0.2) is 0 Å². The fraction of sp³-hybridized carbons (Fsp3) is 0.778. The van der Waals surface area contributed by atoms with E-state index in [4.69, 9.17) is 9.15 Å². The summed E-state index contributed by atoms with van der Waals surface area (Å²) in [5.74, 6) is 0.306. The molecule has 0 amide bonds. The average molecular weight is 268 g/mol. The SMILES string of the molecule is COCCNCc1nnc(NCCC(F)(F)F)o1. The van der Waals surface area contributed by atoms with E-state index in [0.717, 1.165) is 0 Å². The summed E-state index contributed by atoms with van der Waals surface area (Å²) in [6.07, 6.45) is -5.14. The number of hydrogen-bond donors (Lipinski definition) is 2. The molecule has 0 aromatic carbocycles. The van der Waals surface area contributed by atoms with Crippen LogP contribution in [-0.4, -0.2) is 43.2 Å². The van der Waals surface area contributed by atoms with Crippen LogP contribution < -0.4 is 10.6 Å². The van der Waals surface area contributed by atoms with Crippen LogP contribution in [0.15, 0.2) is 4.42 Å². The molecule has 0 saturated carbocycles. The summed E-state index contributed by atoms with van der Waals surface area (Å²) < 4.78 is 45.5. The second-order valence-corrected chi connectivity index (χ2v) is 3.46. The number of anilines is 1. The first-order valence-electron chi connectivity index (χ1n) is 5.34. The lowest BCUT2D eigenvalue weighted by Gasteiger charge is -2.05. The van der Waals surface area contributed by atoms with Crippen molar-refractivity contribution in [2.24, 2.45) is 0 Å². The predicted octanol–water partition coefficient (Wildman–Crippen LogP) is 1.17. The zero-order valence-electron chi connectivity index (χ0n) is 9.88. The number of hydrogen-bond acceptors (Lipinski definition) is 6. The van der Waals surface area contributed by atoms with Crippen molar-refractivity contribution in [3.63, 3.8) is 0 Å². The normalized spacial score (nSPS) is 11.8. The molecule has 1 rings (SSSR count). The van der Waals surface area contributed by atoms with Crippen molar-refractivity contribution in [1.82, 2.24) is 15.5 Å². The van der Waals surface area contributed by atoms with E-state index in [2.05, 4.69) is 20.8 Å². The van der Waals surface area contributed by atoms with E-state index >= 15 is 0 Å². The molecule has 1 aromatic heterocycles. The highest BCUT2D eigenvalue weighted by atomic mass is 19.4. The minimum atomic E-state index is -4.20. The molecule has 18 heavy (non-hydrogen) atoms. The molecule has 0 fully saturated rings. The van der Waals surface area contributed by atoms with Gasteiger partial charge in [-0.1, -0.05) is 5.10 Å². The lowest BCUT2D eigenvalue weighted by atomic mass is 10.4. The maximum absolute atomic E-state index is 11.9. The monoisotopic (exact) mass is 268 g/mol. The number of nitrogens with zero attached hydrogens (tertiary/aromatic N) is 2. The van der Waals surface area contributed by atoms with Gasteiger partial charge >= 0.3 is 12.2 Å². The molecular weight excluding hydrogens is 253 g/mol. The molecule has 9 heteroatoms. The van der Waals surface area contributed by atoms with Crippen molar-refractivity contribution in [3.8, 4) is 0 Å². The third kappa shape index (κ3) is 6.40. The molecule has 6 nitrogen and oxygen atoms in total. The highest BCUT2D eigenvalue weighted by Gasteiger charge is 2.26. The van der Waals surface area contributed by atoms with Crippen LogP contribution in [0.5, 0.6) is 0 Å². The standard InChI is InChI=1S/C9H15F3N4O2/c1-17-5-4-13-6-7-15-16-8(18-7)14-3-2-9(10,11)12/h13H,2-6H2,1H3,(H,14,16). The van der Waals surface area contributed by atoms with E-state index in [-0.39, 0.29) is 12.6 Å². The van der Waals surface area contributed by atoms with Crippen molar-refractivity contribution < 1.29 is 22.3 Å². The highest BCUT2D eigenvalue weighted by Crippen LogP contribution is 2.19. The highest BCUT2D eigenvalue weighted by molar-refractivity contribution is 5.16. The van der Waals surface area contributed by atoms with E-state index in [9.17, 15) is 13.2 Å². The first-order valence-corrected chi connectivity index (χ1v) is 5.34. The molecule has 0 bridgehead atoms. The summed E-state index contributed by atoms with van der Waals surface area (Å²) in [4.78, 5) is 0. The van der Waals surface area contributed by atoms with Crippen molar-refractivity contribution in [1.29, 1.82) is 0 Å². The minimum Gasteiger partial charge on any atom is -0.407 e. The molecule has 1 aromatic rings. The summed E-state index contributed by atoms with van der Waals surface area (Å²) in [6, 6.07) is -0.0113. The largest absolute Gasteiger partial charge is 0.407 e.